The maximum atomic E-state index is 14.1. The molecule has 2 aromatic carbocycles. The Balaban J connectivity index is 2.06. The third kappa shape index (κ3) is 4.34. The Labute approximate surface area is 173 Å². The molecule has 0 aliphatic rings. The molecule has 0 unspecified atom stereocenters. The number of aromatic nitrogens is 2. The fourth-order valence-corrected chi connectivity index (χ4v) is 2.87. The minimum atomic E-state index is -5.01. The van der Waals surface area contributed by atoms with Crippen LogP contribution in [-0.4, -0.2) is 35.8 Å². The number of para-hydroxylation sites is 1. The zero-order chi connectivity index (χ0) is 22.8. The van der Waals surface area contributed by atoms with Crippen LogP contribution in [0.2, 0.25) is 0 Å². The van der Waals surface area contributed by atoms with E-state index in [1.165, 1.54) is 44.5 Å². The molecule has 0 saturated heterocycles. The Morgan fingerprint density at radius 2 is 1.81 bits per heavy atom. The molecular weight excluding hydrogens is 420 g/mol. The second-order valence-corrected chi connectivity index (χ2v) is 6.22. The topological polar surface area (TPSA) is 85.2 Å². The molecule has 2 N–H and O–H groups in total. The van der Waals surface area contributed by atoms with Gasteiger partial charge in [0.15, 0.2) is 5.69 Å². The largest absolute Gasteiger partial charge is 0.495 e. The molecule has 11 heteroatoms. The van der Waals surface area contributed by atoms with Crippen molar-refractivity contribution in [3.63, 3.8) is 0 Å². The van der Waals surface area contributed by atoms with E-state index in [9.17, 15) is 27.2 Å². The number of methoxy groups -OCH3 is 1. The molecule has 0 bridgehead atoms. The molecule has 0 saturated carbocycles. The highest BCUT2D eigenvalue weighted by atomic mass is 19.4. The molecule has 1 heterocycles. The molecule has 0 aliphatic heterocycles. The molecule has 31 heavy (non-hydrogen) atoms. The number of halogens is 4. The van der Waals surface area contributed by atoms with Crippen molar-refractivity contribution in [1.29, 1.82) is 0 Å². The van der Waals surface area contributed by atoms with Crippen LogP contribution < -0.4 is 15.4 Å². The Bertz CT molecular complexity index is 1140. The fourth-order valence-electron chi connectivity index (χ4n) is 2.87. The lowest BCUT2D eigenvalue weighted by Crippen LogP contribution is -2.22. The van der Waals surface area contributed by atoms with Crippen molar-refractivity contribution in [2.24, 2.45) is 0 Å². The summed E-state index contributed by atoms with van der Waals surface area (Å²) in [5, 5.41) is 8.27. The van der Waals surface area contributed by atoms with E-state index in [-0.39, 0.29) is 17.0 Å². The highest BCUT2D eigenvalue weighted by Crippen LogP contribution is 2.35. The number of hydrogen-bond acceptors (Lipinski definition) is 4. The van der Waals surface area contributed by atoms with Gasteiger partial charge in [-0.3, -0.25) is 9.59 Å². The third-order valence-electron chi connectivity index (χ3n) is 4.30. The van der Waals surface area contributed by atoms with Gasteiger partial charge in [0.1, 0.15) is 17.3 Å². The van der Waals surface area contributed by atoms with Gasteiger partial charge in [-0.2, -0.15) is 18.3 Å². The first-order valence-corrected chi connectivity index (χ1v) is 8.79. The van der Waals surface area contributed by atoms with E-state index < -0.39 is 40.8 Å². The lowest BCUT2D eigenvalue weighted by atomic mass is 10.1. The maximum Gasteiger partial charge on any atom is 0.434 e. The SMILES string of the molecule is CNC(=O)c1ccc(OC)c(NC(=O)c2cnn(-c3ccccc3F)c2C(F)(F)F)c1. The second kappa shape index (κ2) is 8.46. The summed E-state index contributed by atoms with van der Waals surface area (Å²) in [6, 6.07) is 8.80. The van der Waals surface area contributed by atoms with E-state index >= 15 is 0 Å². The van der Waals surface area contributed by atoms with Gasteiger partial charge in [0, 0.05) is 12.6 Å². The van der Waals surface area contributed by atoms with E-state index in [0.717, 1.165) is 12.1 Å². The minimum absolute atomic E-state index is 0.0274. The second-order valence-electron chi connectivity index (χ2n) is 6.22. The van der Waals surface area contributed by atoms with Crippen molar-refractivity contribution in [3.05, 3.63) is 71.3 Å². The number of rotatable bonds is 5. The highest BCUT2D eigenvalue weighted by molar-refractivity contribution is 6.06. The third-order valence-corrected chi connectivity index (χ3v) is 4.30. The van der Waals surface area contributed by atoms with Crippen molar-refractivity contribution >= 4 is 17.5 Å². The van der Waals surface area contributed by atoms with Crippen molar-refractivity contribution in [3.8, 4) is 11.4 Å². The van der Waals surface area contributed by atoms with E-state index in [1.807, 2.05) is 0 Å². The predicted octanol–water partition coefficient (Wildman–Crippen LogP) is 3.65. The molecule has 3 rings (SSSR count). The monoisotopic (exact) mass is 436 g/mol. The molecule has 0 radical (unpaired) electrons. The normalized spacial score (nSPS) is 11.2. The molecule has 0 spiro atoms. The summed E-state index contributed by atoms with van der Waals surface area (Å²) < 4.78 is 60.8. The molecule has 0 atom stereocenters. The summed E-state index contributed by atoms with van der Waals surface area (Å²) in [5.41, 5.74) is -2.62. The van der Waals surface area contributed by atoms with Gasteiger partial charge in [0.2, 0.25) is 0 Å². The first-order chi connectivity index (χ1) is 14.7. The number of hydrogen-bond donors (Lipinski definition) is 2. The molecule has 2 amide bonds. The van der Waals surface area contributed by atoms with Crippen molar-refractivity contribution in [1.82, 2.24) is 15.1 Å². The van der Waals surface area contributed by atoms with Crippen LogP contribution in [0.25, 0.3) is 5.69 Å². The summed E-state index contributed by atoms with van der Waals surface area (Å²) in [6.45, 7) is 0. The standard InChI is InChI=1S/C20H16F4N4O3/c1-25-18(29)11-7-8-16(31-2)14(9-11)27-19(30)12-10-26-28(17(12)20(22,23)24)15-6-4-3-5-13(15)21/h3-10H,1-2H3,(H,25,29)(H,27,30). The van der Waals surface area contributed by atoms with Gasteiger partial charge in [0.25, 0.3) is 11.8 Å². The number of nitrogens with zero attached hydrogens (tertiary/aromatic N) is 2. The van der Waals surface area contributed by atoms with Gasteiger partial charge in [-0.25, -0.2) is 9.07 Å². The number of carbonyl (C=O) groups excluding carboxylic acids is 2. The minimum Gasteiger partial charge on any atom is -0.495 e. The Morgan fingerprint density at radius 3 is 2.42 bits per heavy atom. The van der Waals surface area contributed by atoms with Gasteiger partial charge >= 0.3 is 6.18 Å². The lowest BCUT2D eigenvalue weighted by molar-refractivity contribution is -0.143. The van der Waals surface area contributed by atoms with Crippen LogP contribution in [0.5, 0.6) is 5.75 Å². The van der Waals surface area contributed by atoms with E-state index in [4.69, 9.17) is 4.74 Å². The molecule has 0 fully saturated rings. The number of carbonyl (C=O) groups is 2. The Morgan fingerprint density at radius 1 is 1.10 bits per heavy atom. The number of anilines is 1. The molecule has 3 aromatic rings. The van der Waals surface area contributed by atoms with Gasteiger partial charge < -0.3 is 15.4 Å². The lowest BCUT2D eigenvalue weighted by Gasteiger charge is -2.14. The van der Waals surface area contributed by atoms with E-state index in [1.54, 1.807) is 0 Å². The molecule has 1 aromatic heterocycles. The van der Waals surface area contributed by atoms with Crippen LogP contribution >= 0.6 is 0 Å². The number of nitrogens with one attached hydrogen (secondary N) is 2. The highest BCUT2D eigenvalue weighted by Gasteiger charge is 2.41. The first-order valence-electron chi connectivity index (χ1n) is 8.79. The van der Waals surface area contributed by atoms with Gasteiger partial charge in [-0.05, 0) is 30.3 Å². The number of amides is 2. The number of benzene rings is 2. The van der Waals surface area contributed by atoms with Gasteiger partial charge in [-0.15, -0.1) is 0 Å². The summed E-state index contributed by atoms with van der Waals surface area (Å²) >= 11 is 0. The van der Waals surface area contributed by atoms with Crippen molar-refractivity contribution in [2.75, 3.05) is 19.5 Å². The van der Waals surface area contributed by atoms with Crippen LogP contribution in [0, 0.1) is 5.82 Å². The average molecular weight is 436 g/mol. The fraction of sp³-hybridized carbons (Fsp3) is 0.150. The predicted molar refractivity (Wildman–Crippen MR) is 103 cm³/mol. The zero-order valence-corrected chi connectivity index (χ0v) is 16.2. The van der Waals surface area contributed by atoms with Crippen LogP contribution in [0.3, 0.4) is 0 Å². The van der Waals surface area contributed by atoms with Gasteiger partial charge in [-0.1, -0.05) is 12.1 Å². The molecular formula is C20H16F4N4O3. The summed E-state index contributed by atoms with van der Waals surface area (Å²) in [6.07, 6.45) is -4.32. The summed E-state index contributed by atoms with van der Waals surface area (Å²) in [7, 11) is 2.69. The van der Waals surface area contributed by atoms with E-state index in [2.05, 4.69) is 15.7 Å². The Kier molecular flexibility index (Phi) is 5.95. The quantitative estimate of drug-likeness (QED) is 0.598. The summed E-state index contributed by atoms with van der Waals surface area (Å²) in [4.78, 5) is 24.6. The maximum absolute atomic E-state index is 14.1. The average Bonchev–Trinajstić information content (AvgIpc) is 3.19. The smallest absolute Gasteiger partial charge is 0.434 e. The van der Waals surface area contributed by atoms with Crippen LogP contribution in [-0.2, 0) is 6.18 Å². The van der Waals surface area contributed by atoms with E-state index in [0.29, 0.717) is 10.9 Å². The Hall–Kier alpha value is -3.89. The van der Waals surface area contributed by atoms with Crippen LogP contribution in [0.1, 0.15) is 26.4 Å². The molecule has 162 valence electrons. The number of alkyl halides is 3. The first kappa shape index (κ1) is 21.8. The molecule has 0 aliphatic carbocycles. The number of ether oxygens (including phenoxy) is 1. The van der Waals surface area contributed by atoms with Crippen LogP contribution in [0.15, 0.2) is 48.7 Å². The van der Waals surface area contributed by atoms with Crippen molar-refractivity contribution < 1.29 is 31.9 Å². The zero-order valence-electron chi connectivity index (χ0n) is 16.2. The summed E-state index contributed by atoms with van der Waals surface area (Å²) in [5.74, 6) is -2.46. The van der Waals surface area contributed by atoms with Crippen molar-refractivity contribution in [2.45, 2.75) is 6.18 Å². The van der Waals surface area contributed by atoms with Crippen LogP contribution in [0.4, 0.5) is 23.2 Å². The molecule has 7 nitrogen and oxygen atoms in total. The van der Waals surface area contributed by atoms with Gasteiger partial charge in [0.05, 0.1) is 24.6 Å².